The van der Waals surface area contributed by atoms with E-state index < -0.39 is 10.8 Å². The highest BCUT2D eigenvalue weighted by atomic mass is 79.9. The van der Waals surface area contributed by atoms with Crippen molar-refractivity contribution in [2.75, 3.05) is 5.01 Å². The van der Waals surface area contributed by atoms with Gasteiger partial charge < -0.3 is 0 Å². The standard InChI is InChI=1S/C20H10BrN5O3S3/c21-11-5-7-14-16(9-11)32-20(24-14)25(22-10-12-6-8-17(30-12)26(28)29)19(27)18-23-13-3-1-2-4-15(13)31-18/h1-10H/b22-10+. The van der Waals surface area contributed by atoms with Gasteiger partial charge in [0.05, 0.1) is 36.4 Å². The third-order valence-corrected chi connectivity index (χ3v) is 7.77. The van der Waals surface area contributed by atoms with Gasteiger partial charge in [-0.05, 0) is 36.4 Å². The number of hydrazone groups is 1. The number of hydrogen-bond acceptors (Lipinski definition) is 9. The summed E-state index contributed by atoms with van der Waals surface area (Å²) in [5, 5.41) is 17.2. The zero-order valence-electron chi connectivity index (χ0n) is 15.8. The second kappa shape index (κ2) is 8.47. The summed E-state index contributed by atoms with van der Waals surface area (Å²) in [4.78, 5) is 33.5. The number of fused-ring (bicyclic) bond motifs is 2. The van der Waals surface area contributed by atoms with E-state index in [0.717, 1.165) is 36.2 Å². The van der Waals surface area contributed by atoms with Gasteiger partial charge in [0.25, 0.3) is 0 Å². The Morgan fingerprint density at radius 2 is 1.84 bits per heavy atom. The lowest BCUT2D eigenvalue weighted by atomic mass is 10.3. The minimum Gasteiger partial charge on any atom is -0.264 e. The molecule has 3 heterocycles. The monoisotopic (exact) mass is 543 g/mol. The van der Waals surface area contributed by atoms with Crippen molar-refractivity contribution < 1.29 is 9.72 Å². The molecule has 0 fully saturated rings. The molecule has 2 aromatic carbocycles. The second-order valence-electron chi connectivity index (χ2n) is 6.39. The first kappa shape index (κ1) is 20.8. The molecule has 0 saturated carbocycles. The van der Waals surface area contributed by atoms with Gasteiger partial charge in [0.2, 0.25) is 5.13 Å². The Labute approximate surface area is 200 Å². The van der Waals surface area contributed by atoms with Crippen LogP contribution < -0.4 is 5.01 Å². The van der Waals surface area contributed by atoms with E-state index in [0.29, 0.717) is 10.0 Å². The molecule has 5 rings (SSSR count). The summed E-state index contributed by atoms with van der Waals surface area (Å²) in [6.45, 7) is 0. The number of anilines is 1. The predicted octanol–water partition coefficient (Wildman–Crippen LogP) is 6.32. The van der Waals surface area contributed by atoms with E-state index in [1.807, 2.05) is 42.5 Å². The molecular formula is C20H10BrN5O3S3. The number of carbonyl (C=O) groups excluding carboxylic acids is 1. The van der Waals surface area contributed by atoms with Crippen LogP contribution in [-0.2, 0) is 0 Å². The van der Waals surface area contributed by atoms with Crippen LogP contribution in [0.5, 0.6) is 0 Å². The fourth-order valence-electron chi connectivity index (χ4n) is 2.84. The lowest BCUT2D eigenvalue weighted by Crippen LogP contribution is -2.25. The number of rotatable bonds is 5. The van der Waals surface area contributed by atoms with Crippen molar-refractivity contribution in [3.63, 3.8) is 0 Å². The van der Waals surface area contributed by atoms with Crippen LogP contribution in [0.2, 0.25) is 0 Å². The van der Waals surface area contributed by atoms with E-state index in [1.54, 1.807) is 6.07 Å². The molecule has 0 spiro atoms. The van der Waals surface area contributed by atoms with Gasteiger partial charge in [0, 0.05) is 10.5 Å². The first-order valence-electron chi connectivity index (χ1n) is 9.02. The van der Waals surface area contributed by atoms with E-state index in [1.165, 1.54) is 40.0 Å². The van der Waals surface area contributed by atoms with Crippen molar-refractivity contribution in [3.05, 3.63) is 79.1 Å². The van der Waals surface area contributed by atoms with Crippen molar-refractivity contribution in [3.8, 4) is 0 Å². The molecule has 0 saturated heterocycles. The smallest absolute Gasteiger partial charge is 0.264 e. The first-order valence-corrected chi connectivity index (χ1v) is 12.3. The number of nitro groups is 1. The molecule has 0 aliphatic heterocycles. The highest BCUT2D eigenvalue weighted by molar-refractivity contribution is 9.10. The SMILES string of the molecule is O=C(c1nc2ccccc2s1)N(/N=C/c1ccc([N+](=O)[O-])s1)c1nc2ccc(Br)cc2s1. The van der Waals surface area contributed by atoms with Crippen LogP contribution >= 0.6 is 49.9 Å². The number of nitrogens with zero attached hydrogens (tertiary/aromatic N) is 5. The molecule has 1 amide bonds. The Hall–Kier alpha value is -3.06. The van der Waals surface area contributed by atoms with E-state index in [4.69, 9.17) is 0 Å². The average Bonchev–Trinajstić information content (AvgIpc) is 3.51. The predicted molar refractivity (Wildman–Crippen MR) is 132 cm³/mol. The van der Waals surface area contributed by atoms with Gasteiger partial charge in [0.1, 0.15) is 0 Å². The second-order valence-corrected chi connectivity index (χ2v) is 10.4. The van der Waals surface area contributed by atoms with Crippen molar-refractivity contribution in [2.45, 2.75) is 0 Å². The number of aromatic nitrogens is 2. The molecule has 8 nitrogen and oxygen atoms in total. The summed E-state index contributed by atoms with van der Waals surface area (Å²) in [5.74, 6) is -0.424. The molecule has 5 aromatic rings. The summed E-state index contributed by atoms with van der Waals surface area (Å²) in [6.07, 6.45) is 1.42. The lowest BCUT2D eigenvalue weighted by molar-refractivity contribution is -0.380. The number of para-hydroxylation sites is 1. The number of thiazole rings is 2. The fourth-order valence-corrected chi connectivity index (χ4v) is 5.90. The van der Waals surface area contributed by atoms with Gasteiger partial charge in [-0.15, -0.1) is 11.3 Å². The number of carbonyl (C=O) groups is 1. The minimum absolute atomic E-state index is 0.000312. The molecule has 0 radical (unpaired) electrons. The summed E-state index contributed by atoms with van der Waals surface area (Å²) in [5.41, 5.74) is 1.46. The number of amides is 1. The third-order valence-electron chi connectivity index (χ3n) is 4.28. The summed E-state index contributed by atoms with van der Waals surface area (Å²) in [7, 11) is 0. The maximum Gasteiger partial charge on any atom is 0.324 e. The molecule has 0 aliphatic carbocycles. The van der Waals surface area contributed by atoms with Crippen molar-refractivity contribution in [1.29, 1.82) is 0 Å². The average molecular weight is 544 g/mol. The number of halogens is 1. The molecule has 0 N–H and O–H groups in total. The van der Waals surface area contributed by atoms with Gasteiger partial charge in [0.15, 0.2) is 5.01 Å². The lowest BCUT2D eigenvalue weighted by Gasteiger charge is -2.11. The molecule has 0 atom stereocenters. The van der Waals surface area contributed by atoms with Gasteiger partial charge in [-0.2, -0.15) is 10.1 Å². The van der Waals surface area contributed by atoms with E-state index >= 15 is 0 Å². The molecule has 0 unspecified atom stereocenters. The van der Waals surface area contributed by atoms with Gasteiger partial charge in [-0.1, -0.05) is 50.7 Å². The fraction of sp³-hybridized carbons (Fsp3) is 0. The summed E-state index contributed by atoms with van der Waals surface area (Å²) < 4.78 is 2.68. The molecule has 32 heavy (non-hydrogen) atoms. The van der Waals surface area contributed by atoms with E-state index in [9.17, 15) is 14.9 Å². The zero-order chi connectivity index (χ0) is 22.2. The van der Waals surface area contributed by atoms with Crippen LogP contribution in [0.4, 0.5) is 10.1 Å². The van der Waals surface area contributed by atoms with Crippen LogP contribution in [0, 0.1) is 10.1 Å². The number of thiophene rings is 1. The Morgan fingerprint density at radius 3 is 2.62 bits per heavy atom. The van der Waals surface area contributed by atoms with Crippen molar-refractivity contribution >= 4 is 92.6 Å². The Kier molecular flexibility index (Phi) is 5.51. The zero-order valence-corrected chi connectivity index (χ0v) is 19.9. The van der Waals surface area contributed by atoms with E-state index in [2.05, 4.69) is 31.0 Å². The van der Waals surface area contributed by atoms with Crippen molar-refractivity contribution in [1.82, 2.24) is 9.97 Å². The third kappa shape index (κ3) is 4.05. The van der Waals surface area contributed by atoms with Gasteiger partial charge in [-0.25, -0.2) is 9.97 Å². The summed E-state index contributed by atoms with van der Waals surface area (Å²) in [6, 6.07) is 16.1. The molecule has 0 bridgehead atoms. The highest BCUT2D eigenvalue weighted by Crippen LogP contribution is 2.33. The van der Waals surface area contributed by atoms with Gasteiger partial charge in [-0.3, -0.25) is 14.9 Å². The number of benzene rings is 2. The Balaban J connectivity index is 1.57. The molecule has 0 aliphatic rings. The quantitative estimate of drug-likeness (QED) is 0.146. The van der Waals surface area contributed by atoms with Crippen molar-refractivity contribution in [2.24, 2.45) is 5.10 Å². The topological polar surface area (TPSA) is 102 Å². The number of hydrogen-bond donors (Lipinski definition) is 0. The van der Waals surface area contributed by atoms with Crippen LogP contribution in [0.25, 0.3) is 20.4 Å². The molecule has 12 heteroatoms. The normalized spacial score (nSPS) is 11.5. The van der Waals surface area contributed by atoms with Crippen LogP contribution in [0.1, 0.15) is 14.7 Å². The van der Waals surface area contributed by atoms with Gasteiger partial charge >= 0.3 is 10.9 Å². The van der Waals surface area contributed by atoms with Crippen LogP contribution in [-0.4, -0.2) is 27.0 Å². The molecule has 158 valence electrons. The van der Waals surface area contributed by atoms with E-state index in [-0.39, 0.29) is 10.0 Å². The van der Waals surface area contributed by atoms with Crippen LogP contribution in [0.3, 0.4) is 0 Å². The summed E-state index contributed by atoms with van der Waals surface area (Å²) >= 11 is 7.01. The maximum absolute atomic E-state index is 13.4. The van der Waals surface area contributed by atoms with Crippen LogP contribution in [0.15, 0.2) is 64.2 Å². The maximum atomic E-state index is 13.4. The highest BCUT2D eigenvalue weighted by Gasteiger charge is 2.24. The molecular weight excluding hydrogens is 534 g/mol. The Morgan fingerprint density at radius 1 is 1.03 bits per heavy atom. The minimum atomic E-state index is -0.461. The largest absolute Gasteiger partial charge is 0.324 e. The first-order chi connectivity index (χ1) is 15.5. The molecule has 3 aromatic heterocycles. The Bertz CT molecular complexity index is 1490.